The van der Waals surface area contributed by atoms with Gasteiger partial charge in [0.15, 0.2) is 17.8 Å². The highest BCUT2D eigenvalue weighted by Gasteiger charge is 2.24. The van der Waals surface area contributed by atoms with Crippen LogP contribution in [-0.2, 0) is 6.42 Å². The van der Waals surface area contributed by atoms with Crippen molar-refractivity contribution in [3.63, 3.8) is 0 Å². The number of fused-ring (bicyclic) bond motifs is 1. The van der Waals surface area contributed by atoms with E-state index in [1.807, 2.05) is 0 Å². The van der Waals surface area contributed by atoms with E-state index < -0.39 is 0 Å². The standard InChI is InChI=1S/C11H11ClO4/c12-9-4-7(2-1-3-13)10-11(8(9)5-14)16-6-15-10/h4-5,13H,1-3,6H2. The Balaban J connectivity index is 2.44. The van der Waals surface area contributed by atoms with Crippen molar-refractivity contribution in [1.82, 2.24) is 0 Å². The monoisotopic (exact) mass is 242 g/mol. The van der Waals surface area contributed by atoms with E-state index in [1.54, 1.807) is 6.07 Å². The highest BCUT2D eigenvalue weighted by Crippen LogP contribution is 2.42. The fraction of sp³-hybridized carbons (Fsp3) is 0.364. The van der Waals surface area contributed by atoms with Crippen LogP contribution >= 0.6 is 11.6 Å². The molecule has 0 aliphatic carbocycles. The summed E-state index contributed by atoms with van der Waals surface area (Å²) in [5.41, 5.74) is 1.18. The van der Waals surface area contributed by atoms with E-state index in [0.717, 1.165) is 5.56 Å². The maximum atomic E-state index is 10.9. The molecule has 0 radical (unpaired) electrons. The maximum absolute atomic E-state index is 10.9. The number of benzene rings is 1. The largest absolute Gasteiger partial charge is 0.453 e. The fourth-order valence-electron chi connectivity index (χ4n) is 1.69. The van der Waals surface area contributed by atoms with Crippen molar-refractivity contribution in [3.05, 3.63) is 22.2 Å². The Kier molecular flexibility index (Phi) is 3.31. The Hall–Kier alpha value is -1.26. The van der Waals surface area contributed by atoms with Crippen LogP contribution in [0.1, 0.15) is 22.3 Å². The van der Waals surface area contributed by atoms with Crippen LogP contribution in [-0.4, -0.2) is 24.8 Å². The molecule has 0 fully saturated rings. The van der Waals surface area contributed by atoms with Crippen molar-refractivity contribution in [3.8, 4) is 11.5 Å². The molecule has 5 heteroatoms. The van der Waals surface area contributed by atoms with Crippen LogP contribution in [0.15, 0.2) is 6.07 Å². The second kappa shape index (κ2) is 4.72. The summed E-state index contributed by atoms with van der Waals surface area (Å²) in [5, 5.41) is 9.14. The maximum Gasteiger partial charge on any atom is 0.231 e. The van der Waals surface area contributed by atoms with Crippen molar-refractivity contribution < 1.29 is 19.4 Å². The average molecular weight is 243 g/mol. The number of hydrogen-bond acceptors (Lipinski definition) is 4. The molecule has 86 valence electrons. The summed E-state index contributed by atoms with van der Waals surface area (Å²) in [6.45, 7) is 0.200. The lowest BCUT2D eigenvalue weighted by molar-refractivity contribution is 0.111. The third-order valence-electron chi connectivity index (χ3n) is 2.43. The summed E-state index contributed by atoms with van der Waals surface area (Å²) in [6.07, 6.45) is 1.92. The van der Waals surface area contributed by atoms with Crippen LogP contribution in [0.3, 0.4) is 0 Å². The second-order valence-corrected chi connectivity index (χ2v) is 3.85. The number of halogens is 1. The molecule has 1 aromatic rings. The fourth-order valence-corrected chi connectivity index (χ4v) is 1.95. The Morgan fingerprint density at radius 1 is 1.44 bits per heavy atom. The van der Waals surface area contributed by atoms with E-state index in [0.29, 0.717) is 41.2 Å². The number of hydrogen-bond donors (Lipinski definition) is 1. The van der Waals surface area contributed by atoms with Crippen molar-refractivity contribution >= 4 is 17.9 Å². The molecule has 2 rings (SSSR count). The number of ether oxygens (including phenoxy) is 2. The van der Waals surface area contributed by atoms with Gasteiger partial charge in [-0.05, 0) is 24.5 Å². The van der Waals surface area contributed by atoms with E-state index in [-0.39, 0.29) is 13.4 Å². The quantitative estimate of drug-likeness (QED) is 0.818. The molecule has 1 aliphatic rings. The molecule has 0 aromatic heterocycles. The normalized spacial score (nSPS) is 12.9. The molecule has 1 N–H and O–H groups in total. The van der Waals surface area contributed by atoms with Gasteiger partial charge >= 0.3 is 0 Å². The Labute approximate surface area is 97.7 Å². The van der Waals surface area contributed by atoms with Gasteiger partial charge in [0.25, 0.3) is 0 Å². The number of aliphatic hydroxyl groups excluding tert-OH is 1. The van der Waals surface area contributed by atoms with Gasteiger partial charge in [-0.15, -0.1) is 0 Å². The number of carbonyl (C=O) groups is 1. The summed E-state index contributed by atoms with van der Waals surface area (Å²) in [5.74, 6) is 0.982. The minimum absolute atomic E-state index is 0.0998. The zero-order valence-electron chi connectivity index (χ0n) is 8.53. The molecular weight excluding hydrogens is 232 g/mol. The van der Waals surface area contributed by atoms with Gasteiger partial charge in [-0.2, -0.15) is 0 Å². The lowest BCUT2D eigenvalue weighted by atomic mass is 10.1. The first-order chi connectivity index (χ1) is 7.77. The zero-order chi connectivity index (χ0) is 11.5. The van der Waals surface area contributed by atoms with Crippen LogP contribution < -0.4 is 9.47 Å². The van der Waals surface area contributed by atoms with Crippen LogP contribution in [0.5, 0.6) is 11.5 Å². The third-order valence-corrected chi connectivity index (χ3v) is 2.74. The van der Waals surface area contributed by atoms with Gasteiger partial charge in [-0.25, -0.2) is 0 Å². The number of aliphatic hydroxyl groups is 1. The van der Waals surface area contributed by atoms with E-state index in [4.69, 9.17) is 26.2 Å². The first-order valence-electron chi connectivity index (χ1n) is 4.95. The number of aryl methyl sites for hydroxylation is 1. The van der Waals surface area contributed by atoms with Gasteiger partial charge in [0, 0.05) is 6.61 Å². The molecule has 0 spiro atoms. The lowest BCUT2D eigenvalue weighted by Gasteiger charge is -2.08. The molecule has 1 aliphatic heterocycles. The van der Waals surface area contributed by atoms with E-state index in [9.17, 15) is 4.79 Å². The van der Waals surface area contributed by atoms with Gasteiger partial charge < -0.3 is 14.6 Å². The number of aldehydes is 1. The van der Waals surface area contributed by atoms with E-state index >= 15 is 0 Å². The Morgan fingerprint density at radius 3 is 2.88 bits per heavy atom. The van der Waals surface area contributed by atoms with Crippen molar-refractivity contribution in [2.75, 3.05) is 13.4 Å². The summed E-state index contributed by atoms with van der Waals surface area (Å²) in [4.78, 5) is 10.9. The summed E-state index contributed by atoms with van der Waals surface area (Å²) in [6, 6.07) is 1.69. The smallest absolute Gasteiger partial charge is 0.231 e. The third kappa shape index (κ3) is 1.86. The van der Waals surface area contributed by atoms with Gasteiger partial charge in [-0.1, -0.05) is 11.6 Å². The molecule has 0 saturated carbocycles. The highest BCUT2D eigenvalue weighted by atomic mass is 35.5. The molecule has 4 nitrogen and oxygen atoms in total. The van der Waals surface area contributed by atoms with Crippen molar-refractivity contribution in [2.45, 2.75) is 12.8 Å². The molecule has 0 atom stereocenters. The topological polar surface area (TPSA) is 55.8 Å². The van der Waals surface area contributed by atoms with Gasteiger partial charge in [-0.3, -0.25) is 4.79 Å². The van der Waals surface area contributed by atoms with Gasteiger partial charge in [0.1, 0.15) is 0 Å². The summed E-state index contributed by atoms with van der Waals surface area (Å²) < 4.78 is 10.5. The molecular formula is C11H11ClO4. The molecule has 0 amide bonds. The second-order valence-electron chi connectivity index (χ2n) is 3.44. The Bertz CT molecular complexity index is 417. The SMILES string of the molecule is O=Cc1c(Cl)cc(CCCO)c2c1OCO2. The number of rotatable bonds is 4. The summed E-state index contributed by atoms with van der Waals surface area (Å²) in [7, 11) is 0. The molecule has 1 aromatic carbocycles. The highest BCUT2D eigenvalue weighted by molar-refractivity contribution is 6.33. The summed E-state index contributed by atoms with van der Waals surface area (Å²) >= 11 is 5.96. The minimum atomic E-state index is 0.0998. The van der Waals surface area contributed by atoms with E-state index in [2.05, 4.69) is 0 Å². The first kappa shape index (κ1) is 11.2. The zero-order valence-corrected chi connectivity index (χ0v) is 9.29. The predicted molar refractivity (Wildman–Crippen MR) is 58.4 cm³/mol. The number of carbonyl (C=O) groups excluding carboxylic acids is 1. The van der Waals surface area contributed by atoms with E-state index in [1.165, 1.54) is 0 Å². The van der Waals surface area contributed by atoms with Gasteiger partial charge in [0.05, 0.1) is 10.6 Å². The predicted octanol–water partition coefficient (Wildman–Crippen LogP) is 1.81. The van der Waals surface area contributed by atoms with Crippen molar-refractivity contribution in [1.29, 1.82) is 0 Å². The molecule has 0 bridgehead atoms. The minimum Gasteiger partial charge on any atom is -0.453 e. The van der Waals surface area contributed by atoms with Crippen LogP contribution in [0.2, 0.25) is 5.02 Å². The molecule has 0 saturated heterocycles. The molecule has 0 unspecified atom stereocenters. The van der Waals surface area contributed by atoms with Crippen LogP contribution in [0.4, 0.5) is 0 Å². The first-order valence-corrected chi connectivity index (χ1v) is 5.32. The van der Waals surface area contributed by atoms with Crippen molar-refractivity contribution in [2.24, 2.45) is 0 Å². The Morgan fingerprint density at radius 2 is 2.19 bits per heavy atom. The van der Waals surface area contributed by atoms with Crippen LogP contribution in [0.25, 0.3) is 0 Å². The van der Waals surface area contributed by atoms with Gasteiger partial charge in [0.2, 0.25) is 6.79 Å². The lowest BCUT2D eigenvalue weighted by Crippen LogP contribution is -1.95. The molecule has 1 heterocycles. The van der Waals surface area contributed by atoms with Crippen LogP contribution in [0, 0.1) is 0 Å². The molecule has 16 heavy (non-hydrogen) atoms. The average Bonchev–Trinajstić information content (AvgIpc) is 2.75.